The molecule has 0 spiro atoms. The van der Waals surface area contributed by atoms with Crippen molar-refractivity contribution >= 4 is 67.7 Å². The molecular formula is C64H72BN3. The van der Waals surface area contributed by atoms with Gasteiger partial charge in [0.15, 0.2) is 0 Å². The fraction of sp³-hybridized carbons (Fsp3) is 0.438. The Hall–Kier alpha value is -5.22. The van der Waals surface area contributed by atoms with Gasteiger partial charge in [0.1, 0.15) is 0 Å². The van der Waals surface area contributed by atoms with E-state index in [-0.39, 0.29) is 44.9 Å². The Morgan fingerprint density at radius 3 is 1.74 bits per heavy atom. The molecule has 68 heavy (non-hydrogen) atoms. The van der Waals surface area contributed by atoms with Crippen molar-refractivity contribution in [2.45, 2.75) is 180 Å². The van der Waals surface area contributed by atoms with Gasteiger partial charge in [0, 0.05) is 55.6 Å². The molecule has 4 aliphatic heterocycles. The molecule has 2 aliphatic carbocycles. The minimum absolute atomic E-state index is 0.00153. The van der Waals surface area contributed by atoms with Gasteiger partial charge in [0.2, 0.25) is 0 Å². The maximum Gasteiger partial charge on any atom is 0.252 e. The summed E-state index contributed by atoms with van der Waals surface area (Å²) in [7, 11) is 0. The lowest BCUT2D eigenvalue weighted by Gasteiger charge is -2.53. The predicted molar refractivity (Wildman–Crippen MR) is 293 cm³/mol. The number of rotatable bonds is 2. The van der Waals surface area contributed by atoms with E-state index in [1.807, 2.05) is 0 Å². The second-order valence-electron chi connectivity index (χ2n) is 26.5. The third-order valence-corrected chi connectivity index (χ3v) is 19.7. The SMILES string of the molecule is CC(C)(C)c1cc2c3c(c1)C1(C)CCCCC1(C)N3c1cc(N3c4ccc(-c5ccccc5)cc4C4(C)CCCCC34C)cc3c1B2c1cc(C(C)(C)C)cc2c4cc(C(C)(C)C)ccc4n-3c12. The molecule has 4 heteroatoms. The number of benzene rings is 6. The fourth-order valence-electron chi connectivity index (χ4n) is 15.3. The molecule has 0 radical (unpaired) electrons. The molecule has 0 saturated heterocycles. The molecule has 0 amide bonds. The molecule has 0 N–H and O–H groups in total. The number of fused-ring (bicyclic) bond motifs is 13. The zero-order chi connectivity index (χ0) is 47.5. The Balaban J connectivity index is 1.19. The molecular weight excluding hydrogens is 822 g/mol. The normalized spacial score (nSPS) is 25.7. The van der Waals surface area contributed by atoms with Crippen LogP contribution in [0.15, 0.2) is 103 Å². The molecule has 4 unspecified atom stereocenters. The van der Waals surface area contributed by atoms with Crippen molar-refractivity contribution in [1.82, 2.24) is 4.57 Å². The van der Waals surface area contributed by atoms with Crippen LogP contribution in [0.4, 0.5) is 22.7 Å². The molecule has 13 rings (SSSR count). The Kier molecular flexibility index (Phi) is 8.41. The van der Waals surface area contributed by atoms with Gasteiger partial charge in [-0.1, -0.05) is 163 Å². The second kappa shape index (κ2) is 13.3. The van der Waals surface area contributed by atoms with Crippen molar-refractivity contribution in [3.05, 3.63) is 131 Å². The zero-order valence-corrected chi connectivity index (χ0v) is 43.4. The van der Waals surface area contributed by atoms with Crippen LogP contribution in [0.5, 0.6) is 0 Å². The van der Waals surface area contributed by atoms with Crippen molar-refractivity contribution in [2.75, 3.05) is 9.80 Å². The largest absolute Gasteiger partial charge is 0.335 e. The summed E-state index contributed by atoms with van der Waals surface area (Å²) in [4.78, 5) is 5.84. The minimum Gasteiger partial charge on any atom is -0.335 e. The lowest BCUT2D eigenvalue weighted by molar-refractivity contribution is 0.194. The highest BCUT2D eigenvalue weighted by Crippen LogP contribution is 2.65. The van der Waals surface area contributed by atoms with Crippen molar-refractivity contribution in [1.29, 1.82) is 0 Å². The lowest BCUT2D eigenvalue weighted by atomic mass is 9.33. The minimum atomic E-state index is -0.0965. The van der Waals surface area contributed by atoms with Gasteiger partial charge in [-0.05, 0) is 154 Å². The van der Waals surface area contributed by atoms with E-state index in [1.165, 1.54) is 151 Å². The highest BCUT2D eigenvalue weighted by atomic mass is 15.3. The van der Waals surface area contributed by atoms with Crippen LogP contribution in [0.25, 0.3) is 38.6 Å². The third kappa shape index (κ3) is 5.28. The highest BCUT2D eigenvalue weighted by Gasteiger charge is 2.63. The average Bonchev–Trinajstić information content (AvgIpc) is 3.82. The van der Waals surface area contributed by atoms with Gasteiger partial charge < -0.3 is 14.4 Å². The van der Waals surface area contributed by atoms with E-state index in [2.05, 4.69) is 208 Å². The molecule has 1 aromatic heterocycles. The standard InChI is InChI=1S/C64H72BN3/c1-58(2,3)41-24-26-51-45(32-41)46-33-42(59(4,5)6)35-49-56(46)66(51)53-37-44(67-52-25-23-40(39-21-15-14-16-22-39)31-47(52)61(10)27-17-19-29-63(61,67)12)38-54-55(53)65(49)50-36-43(60(7,8)9)34-48-57(50)68(54)64(13)30-20-18-28-62(48,64)11/h14-16,21-26,31-38H,17-20,27-30H2,1-13H3. The molecule has 346 valence electrons. The number of nitrogens with zero attached hydrogens (tertiary/aromatic N) is 3. The van der Waals surface area contributed by atoms with E-state index in [4.69, 9.17) is 0 Å². The van der Waals surface area contributed by atoms with E-state index < -0.39 is 0 Å². The van der Waals surface area contributed by atoms with Crippen LogP contribution in [0.1, 0.15) is 169 Å². The Labute approximate surface area is 407 Å². The smallest absolute Gasteiger partial charge is 0.252 e. The summed E-state index contributed by atoms with van der Waals surface area (Å²) in [6.07, 6.45) is 9.84. The first-order valence-electron chi connectivity index (χ1n) is 26.4. The summed E-state index contributed by atoms with van der Waals surface area (Å²) in [5.74, 6) is 0. The van der Waals surface area contributed by atoms with E-state index in [1.54, 1.807) is 5.56 Å². The van der Waals surface area contributed by atoms with Crippen molar-refractivity contribution in [2.24, 2.45) is 0 Å². The van der Waals surface area contributed by atoms with Crippen molar-refractivity contribution in [3.8, 4) is 16.8 Å². The molecule has 3 nitrogen and oxygen atoms in total. The third-order valence-electron chi connectivity index (χ3n) is 19.7. The first kappa shape index (κ1) is 42.9. The zero-order valence-electron chi connectivity index (χ0n) is 43.4. The topological polar surface area (TPSA) is 11.4 Å². The van der Waals surface area contributed by atoms with Crippen LogP contribution in [-0.4, -0.2) is 22.4 Å². The molecule has 4 atom stereocenters. The predicted octanol–water partition coefficient (Wildman–Crippen LogP) is 15.0. The summed E-state index contributed by atoms with van der Waals surface area (Å²) < 4.78 is 2.76. The van der Waals surface area contributed by atoms with E-state index in [0.29, 0.717) is 0 Å². The van der Waals surface area contributed by atoms with E-state index >= 15 is 0 Å². The second-order valence-corrected chi connectivity index (χ2v) is 26.5. The monoisotopic (exact) mass is 894 g/mol. The van der Waals surface area contributed by atoms with Gasteiger partial charge in [-0.15, -0.1) is 0 Å². The molecule has 0 bridgehead atoms. The molecule has 2 fully saturated rings. The molecule has 5 heterocycles. The fourth-order valence-corrected chi connectivity index (χ4v) is 15.3. The summed E-state index contributed by atoms with van der Waals surface area (Å²) in [6, 6.07) is 42.0. The number of hydrogen-bond acceptors (Lipinski definition) is 2. The van der Waals surface area contributed by atoms with Gasteiger partial charge in [-0.2, -0.15) is 0 Å². The van der Waals surface area contributed by atoms with Gasteiger partial charge in [-0.25, -0.2) is 0 Å². The maximum atomic E-state index is 2.97. The maximum absolute atomic E-state index is 2.97. The Morgan fingerprint density at radius 1 is 0.471 bits per heavy atom. The summed E-state index contributed by atoms with van der Waals surface area (Å²) >= 11 is 0. The lowest BCUT2D eigenvalue weighted by Crippen LogP contribution is -2.64. The first-order valence-corrected chi connectivity index (χ1v) is 26.4. The Bertz CT molecular complexity index is 3330. The molecule has 7 aromatic rings. The average molecular weight is 894 g/mol. The summed E-state index contributed by atoms with van der Waals surface area (Å²) in [5.41, 5.74) is 24.2. The number of aromatic nitrogens is 1. The number of hydrogen-bond donors (Lipinski definition) is 0. The van der Waals surface area contributed by atoms with Crippen molar-refractivity contribution in [3.63, 3.8) is 0 Å². The van der Waals surface area contributed by atoms with Gasteiger partial charge >= 0.3 is 0 Å². The van der Waals surface area contributed by atoms with Crippen molar-refractivity contribution < 1.29 is 0 Å². The van der Waals surface area contributed by atoms with Gasteiger partial charge in [0.05, 0.1) is 16.6 Å². The van der Waals surface area contributed by atoms with Crippen LogP contribution in [0.2, 0.25) is 0 Å². The van der Waals surface area contributed by atoms with Crippen LogP contribution in [-0.2, 0) is 27.1 Å². The van der Waals surface area contributed by atoms with Gasteiger partial charge in [0.25, 0.3) is 6.71 Å². The van der Waals surface area contributed by atoms with Crippen LogP contribution < -0.4 is 26.2 Å². The molecule has 2 saturated carbocycles. The van der Waals surface area contributed by atoms with Crippen LogP contribution in [0.3, 0.4) is 0 Å². The summed E-state index contributed by atoms with van der Waals surface area (Å²) in [6.45, 7) is 32.3. The first-order chi connectivity index (χ1) is 32.1. The van der Waals surface area contributed by atoms with E-state index in [0.717, 1.165) is 0 Å². The quantitative estimate of drug-likeness (QED) is 0.160. The van der Waals surface area contributed by atoms with Crippen LogP contribution in [0, 0.1) is 0 Å². The Morgan fingerprint density at radius 2 is 1.06 bits per heavy atom. The van der Waals surface area contributed by atoms with E-state index in [9.17, 15) is 0 Å². The number of anilines is 4. The van der Waals surface area contributed by atoms with Crippen LogP contribution >= 0.6 is 0 Å². The van der Waals surface area contributed by atoms with Gasteiger partial charge in [-0.3, -0.25) is 0 Å². The molecule has 6 aromatic carbocycles. The molecule has 6 aliphatic rings. The highest BCUT2D eigenvalue weighted by molar-refractivity contribution is 7.00. The summed E-state index contributed by atoms with van der Waals surface area (Å²) in [5, 5.41) is 2.78.